The molecule has 1 aliphatic rings. The molecule has 1 nitrogen and oxygen atoms in total. The van der Waals surface area contributed by atoms with Crippen LogP contribution in [0.5, 0.6) is 0 Å². The Kier molecular flexibility index (Phi) is 3.76. The Bertz CT molecular complexity index is 374. The normalized spacial score (nSPS) is 16.9. The maximum atomic E-state index is 3.57. The van der Waals surface area contributed by atoms with Gasteiger partial charge >= 0.3 is 0 Å². The molecule has 0 saturated carbocycles. The van der Waals surface area contributed by atoms with Gasteiger partial charge in [0.25, 0.3) is 0 Å². The average molecular weight is 231 g/mol. The smallest absolute Gasteiger partial charge is 0.0347 e. The van der Waals surface area contributed by atoms with E-state index in [-0.39, 0.29) is 5.54 Å². The molecule has 0 radical (unpaired) electrons. The largest absolute Gasteiger partial charge is 0.380 e. The molecule has 1 N–H and O–H groups in total. The van der Waals surface area contributed by atoms with Gasteiger partial charge in [-0.2, -0.15) is 0 Å². The van der Waals surface area contributed by atoms with Gasteiger partial charge in [-0.25, -0.2) is 0 Å². The lowest BCUT2D eigenvalue weighted by Crippen LogP contribution is -2.26. The van der Waals surface area contributed by atoms with Crippen LogP contribution in [0.4, 0.5) is 5.69 Å². The lowest BCUT2D eigenvalue weighted by molar-refractivity contribution is 0.615. The molecule has 2 rings (SSSR count). The van der Waals surface area contributed by atoms with Gasteiger partial charge in [-0.05, 0) is 69.7 Å². The number of rotatable bonds is 1. The van der Waals surface area contributed by atoms with Crippen LogP contribution >= 0.6 is 0 Å². The van der Waals surface area contributed by atoms with Crippen molar-refractivity contribution in [3.8, 4) is 0 Å². The number of anilines is 1. The van der Waals surface area contributed by atoms with Crippen LogP contribution in [-0.4, -0.2) is 5.54 Å². The van der Waals surface area contributed by atoms with E-state index in [1.165, 1.54) is 44.2 Å². The highest BCUT2D eigenvalue weighted by molar-refractivity contribution is 5.50. The maximum absolute atomic E-state index is 3.57. The van der Waals surface area contributed by atoms with Crippen LogP contribution in [0, 0.1) is 0 Å². The summed E-state index contributed by atoms with van der Waals surface area (Å²) >= 11 is 0. The minimum Gasteiger partial charge on any atom is -0.380 e. The van der Waals surface area contributed by atoms with Gasteiger partial charge in [0.1, 0.15) is 0 Å². The first-order valence-electron chi connectivity index (χ1n) is 6.95. The molecule has 0 spiro atoms. The van der Waals surface area contributed by atoms with Gasteiger partial charge in [0.2, 0.25) is 0 Å². The van der Waals surface area contributed by atoms with E-state index in [1.54, 1.807) is 11.1 Å². The highest BCUT2D eigenvalue weighted by Crippen LogP contribution is 2.24. The summed E-state index contributed by atoms with van der Waals surface area (Å²) in [4.78, 5) is 0. The second kappa shape index (κ2) is 5.12. The number of hydrogen-bond acceptors (Lipinski definition) is 1. The van der Waals surface area contributed by atoms with E-state index in [0.29, 0.717) is 0 Å². The van der Waals surface area contributed by atoms with Crippen molar-refractivity contribution < 1.29 is 0 Å². The van der Waals surface area contributed by atoms with E-state index in [1.807, 2.05) is 0 Å². The van der Waals surface area contributed by atoms with Crippen LogP contribution in [-0.2, 0) is 12.8 Å². The number of benzene rings is 1. The number of nitrogens with one attached hydrogen (secondary N) is 1. The Balaban J connectivity index is 2.19. The SMILES string of the molecule is CC(C)(C)Nc1ccc2c(c1)CCCCCC2. The molecule has 0 bridgehead atoms. The highest BCUT2D eigenvalue weighted by Gasteiger charge is 2.12. The molecule has 0 aliphatic heterocycles. The van der Waals surface area contributed by atoms with E-state index in [4.69, 9.17) is 0 Å². The summed E-state index contributed by atoms with van der Waals surface area (Å²) < 4.78 is 0. The molecule has 0 atom stereocenters. The van der Waals surface area contributed by atoms with Crippen LogP contribution in [0.25, 0.3) is 0 Å². The standard InChI is InChI=1S/C16H25N/c1-16(2,3)17-15-11-10-13-8-6-4-5-7-9-14(13)12-15/h10-12,17H,4-9H2,1-3H3. The minimum atomic E-state index is 0.149. The van der Waals surface area contributed by atoms with Crippen molar-refractivity contribution in [2.45, 2.75) is 64.8 Å². The predicted octanol–water partition coefficient (Wildman–Crippen LogP) is 4.56. The molecule has 1 aliphatic carbocycles. The molecule has 0 unspecified atom stereocenters. The topological polar surface area (TPSA) is 12.0 Å². The quantitative estimate of drug-likeness (QED) is 0.747. The van der Waals surface area contributed by atoms with E-state index in [2.05, 4.69) is 44.3 Å². The molecule has 17 heavy (non-hydrogen) atoms. The first-order valence-corrected chi connectivity index (χ1v) is 6.95. The van der Waals surface area contributed by atoms with Gasteiger partial charge in [0.05, 0.1) is 0 Å². The first-order chi connectivity index (χ1) is 8.04. The Hall–Kier alpha value is -0.980. The summed E-state index contributed by atoms with van der Waals surface area (Å²) in [6, 6.07) is 6.94. The predicted molar refractivity (Wildman–Crippen MR) is 75.7 cm³/mol. The molecular formula is C16H25N. The van der Waals surface area contributed by atoms with Crippen molar-refractivity contribution in [2.24, 2.45) is 0 Å². The molecular weight excluding hydrogens is 206 g/mol. The molecule has 1 heteroatoms. The molecule has 0 aromatic heterocycles. The van der Waals surface area contributed by atoms with Gasteiger partial charge < -0.3 is 5.32 Å². The van der Waals surface area contributed by atoms with Crippen molar-refractivity contribution in [2.75, 3.05) is 5.32 Å². The van der Waals surface area contributed by atoms with Gasteiger partial charge in [-0.15, -0.1) is 0 Å². The monoisotopic (exact) mass is 231 g/mol. The van der Waals surface area contributed by atoms with Crippen LogP contribution < -0.4 is 5.32 Å². The third kappa shape index (κ3) is 3.76. The molecule has 0 amide bonds. The summed E-state index contributed by atoms with van der Waals surface area (Å²) in [6.07, 6.45) is 8.04. The van der Waals surface area contributed by atoms with Crippen LogP contribution in [0.1, 0.15) is 57.6 Å². The zero-order chi connectivity index (χ0) is 12.3. The molecule has 0 fully saturated rings. The maximum Gasteiger partial charge on any atom is 0.0347 e. The Morgan fingerprint density at radius 1 is 0.882 bits per heavy atom. The van der Waals surface area contributed by atoms with Crippen molar-refractivity contribution in [3.63, 3.8) is 0 Å². The van der Waals surface area contributed by atoms with Crippen LogP contribution in [0.15, 0.2) is 18.2 Å². The third-order valence-corrected chi connectivity index (χ3v) is 3.37. The fraction of sp³-hybridized carbons (Fsp3) is 0.625. The van der Waals surface area contributed by atoms with E-state index in [0.717, 1.165) is 0 Å². The second-order valence-corrected chi connectivity index (χ2v) is 6.27. The molecule has 1 aromatic carbocycles. The summed E-state index contributed by atoms with van der Waals surface area (Å²) in [5, 5.41) is 3.57. The van der Waals surface area contributed by atoms with Gasteiger partial charge in [-0.3, -0.25) is 0 Å². The summed E-state index contributed by atoms with van der Waals surface area (Å²) in [5.74, 6) is 0. The fourth-order valence-corrected chi connectivity index (χ4v) is 2.60. The van der Waals surface area contributed by atoms with E-state index < -0.39 is 0 Å². The summed E-state index contributed by atoms with van der Waals surface area (Å²) in [7, 11) is 0. The van der Waals surface area contributed by atoms with Gasteiger partial charge in [-0.1, -0.05) is 18.9 Å². The lowest BCUT2D eigenvalue weighted by Gasteiger charge is -2.23. The highest BCUT2D eigenvalue weighted by atomic mass is 14.9. The van der Waals surface area contributed by atoms with Gasteiger partial charge in [0, 0.05) is 11.2 Å². The molecule has 1 aromatic rings. The Morgan fingerprint density at radius 3 is 2.18 bits per heavy atom. The zero-order valence-electron chi connectivity index (χ0n) is 11.5. The lowest BCUT2D eigenvalue weighted by atomic mass is 9.93. The number of aryl methyl sites for hydroxylation is 2. The van der Waals surface area contributed by atoms with E-state index in [9.17, 15) is 0 Å². The summed E-state index contributed by atoms with van der Waals surface area (Å²) in [5.41, 5.74) is 4.57. The fourth-order valence-electron chi connectivity index (χ4n) is 2.60. The summed E-state index contributed by atoms with van der Waals surface area (Å²) in [6.45, 7) is 6.64. The van der Waals surface area contributed by atoms with Crippen LogP contribution in [0.3, 0.4) is 0 Å². The first kappa shape index (κ1) is 12.5. The van der Waals surface area contributed by atoms with Crippen LogP contribution in [0.2, 0.25) is 0 Å². The Labute approximate surface area is 106 Å². The minimum absolute atomic E-state index is 0.149. The van der Waals surface area contributed by atoms with Crippen molar-refractivity contribution in [1.82, 2.24) is 0 Å². The van der Waals surface area contributed by atoms with Gasteiger partial charge in [0.15, 0.2) is 0 Å². The number of fused-ring (bicyclic) bond motifs is 1. The Morgan fingerprint density at radius 2 is 1.53 bits per heavy atom. The second-order valence-electron chi connectivity index (χ2n) is 6.27. The molecule has 0 heterocycles. The number of hydrogen-bond donors (Lipinski definition) is 1. The van der Waals surface area contributed by atoms with E-state index >= 15 is 0 Å². The van der Waals surface area contributed by atoms with Crippen molar-refractivity contribution in [1.29, 1.82) is 0 Å². The zero-order valence-corrected chi connectivity index (χ0v) is 11.5. The van der Waals surface area contributed by atoms with Crippen molar-refractivity contribution >= 4 is 5.69 Å². The molecule has 94 valence electrons. The molecule has 0 saturated heterocycles. The third-order valence-electron chi connectivity index (χ3n) is 3.37. The van der Waals surface area contributed by atoms with Crippen molar-refractivity contribution in [3.05, 3.63) is 29.3 Å². The average Bonchev–Trinajstić information content (AvgIpc) is 2.18.